The summed E-state index contributed by atoms with van der Waals surface area (Å²) in [5.74, 6) is 0.302. The van der Waals surface area contributed by atoms with Crippen molar-refractivity contribution in [3.8, 4) is 5.75 Å². The van der Waals surface area contributed by atoms with Gasteiger partial charge in [0, 0.05) is 19.6 Å². The molecule has 0 fully saturated rings. The van der Waals surface area contributed by atoms with E-state index in [4.69, 9.17) is 9.84 Å². The lowest BCUT2D eigenvalue weighted by molar-refractivity contribution is -0.121. The van der Waals surface area contributed by atoms with E-state index in [0.29, 0.717) is 26.0 Å². The number of benzene rings is 1. The standard InChI is InChI=1S/C15H23NO3/c1-12(2)19-11-3-10-16-15(18)9-6-13-4-7-14(17)8-5-13/h4-5,7-8,12,17H,3,6,9-11H2,1-2H3,(H,16,18). The third-order valence-corrected chi connectivity index (χ3v) is 2.67. The molecule has 0 aliphatic carbocycles. The Bertz CT molecular complexity index is 373. The first-order chi connectivity index (χ1) is 9.08. The van der Waals surface area contributed by atoms with E-state index in [-0.39, 0.29) is 17.8 Å². The van der Waals surface area contributed by atoms with Crippen molar-refractivity contribution in [3.05, 3.63) is 29.8 Å². The first-order valence-electron chi connectivity index (χ1n) is 6.74. The van der Waals surface area contributed by atoms with Gasteiger partial charge in [-0.25, -0.2) is 0 Å². The SMILES string of the molecule is CC(C)OCCCNC(=O)CCc1ccc(O)cc1. The lowest BCUT2D eigenvalue weighted by atomic mass is 10.1. The van der Waals surface area contributed by atoms with Crippen molar-refractivity contribution in [1.29, 1.82) is 0 Å². The van der Waals surface area contributed by atoms with Gasteiger partial charge in [0.1, 0.15) is 5.75 Å². The van der Waals surface area contributed by atoms with E-state index < -0.39 is 0 Å². The third kappa shape index (κ3) is 7.47. The molecule has 1 rings (SSSR count). The lowest BCUT2D eigenvalue weighted by Gasteiger charge is -2.08. The molecular weight excluding hydrogens is 242 g/mol. The summed E-state index contributed by atoms with van der Waals surface area (Å²) in [6.07, 6.45) is 2.23. The van der Waals surface area contributed by atoms with Gasteiger partial charge in [-0.2, -0.15) is 0 Å². The lowest BCUT2D eigenvalue weighted by Crippen LogP contribution is -2.25. The minimum Gasteiger partial charge on any atom is -0.508 e. The van der Waals surface area contributed by atoms with Crippen molar-refractivity contribution in [2.75, 3.05) is 13.2 Å². The van der Waals surface area contributed by atoms with Gasteiger partial charge >= 0.3 is 0 Å². The van der Waals surface area contributed by atoms with Crippen LogP contribution in [0.1, 0.15) is 32.3 Å². The second-order valence-corrected chi connectivity index (χ2v) is 4.79. The summed E-state index contributed by atoms with van der Waals surface area (Å²) in [5, 5.41) is 12.0. The van der Waals surface area contributed by atoms with Gasteiger partial charge in [0.15, 0.2) is 0 Å². The average Bonchev–Trinajstić information content (AvgIpc) is 2.37. The Labute approximate surface area is 114 Å². The van der Waals surface area contributed by atoms with Crippen molar-refractivity contribution in [1.82, 2.24) is 5.32 Å². The number of amides is 1. The van der Waals surface area contributed by atoms with Crippen molar-refractivity contribution < 1.29 is 14.6 Å². The smallest absolute Gasteiger partial charge is 0.220 e. The summed E-state index contributed by atoms with van der Waals surface area (Å²) < 4.78 is 5.39. The summed E-state index contributed by atoms with van der Waals surface area (Å²) in [7, 11) is 0. The molecule has 0 saturated heterocycles. The highest BCUT2D eigenvalue weighted by molar-refractivity contribution is 5.76. The molecule has 1 aromatic carbocycles. The fourth-order valence-electron chi connectivity index (χ4n) is 1.63. The predicted octanol–water partition coefficient (Wildman–Crippen LogP) is 2.26. The molecule has 2 N–H and O–H groups in total. The van der Waals surface area contributed by atoms with E-state index in [0.717, 1.165) is 12.0 Å². The molecule has 0 saturated carbocycles. The number of hydrogen-bond acceptors (Lipinski definition) is 3. The summed E-state index contributed by atoms with van der Waals surface area (Å²) in [6.45, 7) is 5.32. The van der Waals surface area contributed by atoms with Crippen molar-refractivity contribution in [2.24, 2.45) is 0 Å². The fraction of sp³-hybridized carbons (Fsp3) is 0.533. The van der Waals surface area contributed by atoms with E-state index in [1.807, 2.05) is 26.0 Å². The number of hydrogen-bond donors (Lipinski definition) is 2. The Kier molecular flexibility index (Phi) is 6.97. The Morgan fingerprint density at radius 3 is 2.63 bits per heavy atom. The van der Waals surface area contributed by atoms with Crippen LogP contribution in [-0.2, 0) is 16.0 Å². The van der Waals surface area contributed by atoms with Crippen LogP contribution in [0.4, 0.5) is 0 Å². The minimum absolute atomic E-state index is 0.0534. The van der Waals surface area contributed by atoms with Crippen LogP contribution >= 0.6 is 0 Å². The molecule has 0 aliphatic heterocycles. The first kappa shape index (κ1) is 15.5. The molecule has 1 aromatic rings. The molecule has 0 unspecified atom stereocenters. The monoisotopic (exact) mass is 265 g/mol. The molecule has 0 spiro atoms. The van der Waals surface area contributed by atoms with Crippen LogP contribution in [0.5, 0.6) is 5.75 Å². The van der Waals surface area contributed by atoms with Crippen molar-refractivity contribution in [2.45, 2.75) is 39.2 Å². The van der Waals surface area contributed by atoms with Crippen molar-refractivity contribution in [3.63, 3.8) is 0 Å². The number of carbonyl (C=O) groups is 1. The van der Waals surface area contributed by atoms with Gasteiger partial charge in [0.25, 0.3) is 0 Å². The van der Waals surface area contributed by atoms with E-state index in [1.54, 1.807) is 12.1 Å². The number of nitrogens with one attached hydrogen (secondary N) is 1. The van der Waals surface area contributed by atoms with Gasteiger partial charge in [-0.3, -0.25) is 4.79 Å². The summed E-state index contributed by atoms with van der Waals surface area (Å²) >= 11 is 0. The second kappa shape index (κ2) is 8.53. The summed E-state index contributed by atoms with van der Waals surface area (Å²) in [4.78, 5) is 11.6. The van der Waals surface area contributed by atoms with Gasteiger partial charge in [0.05, 0.1) is 6.10 Å². The first-order valence-corrected chi connectivity index (χ1v) is 6.74. The molecule has 106 valence electrons. The molecule has 4 heteroatoms. The quantitative estimate of drug-likeness (QED) is 0.709. The molecule has 0 aliphatic rings. The predicted molar refractivity (Wildman–Crippen MR) is 75.1 cm³/mol. The Balaban J connectivity index is 2.09. The van der Waals surface area contributed by atoms with Crippen LogP contribution < -0.4 is 5.32 Å². The third-order valence-electron chi connectivity index (χ3n) is 2.67. The highest BCUT2D eigenvalue weighted by atomic mass is 16.5. The molecule has 4 nitrogen and oxygen atoms in total. The molecule has 0 heterocycles. The van der Waals surface area contributed by atoms with Crippen LogP contribution in [0.15, 0.2) is 24.3 Å². The Hall–Kier alpha value is -1.55. The van der Waals surface area contributed by atoms with E-state index in [2.05, 4.69) is 5.32 Å². The maximum atomic E-state index is 11.6. The van der Waals surface area contributed by atoms with Gasteiger partial charge < -0.3 is 15.2 Å². The Morgan fingerprint density at radius 2 is 2.00 bits per heavy atom. The van der Waals surface area contributed by atoms with Gasteiger partial charge in [0.2, 0.25) is 5.91 Å². The van der Waals surface area contributed by atoms with Crippen LogP contribution in [0.3, 0.4) is 0 Å². The molecule has 0 bridgehead atoms. The number of carbonyl (C=O) groups excluding carboxylic acids is 1. The molecule has 0 radical (unpaired) electrons. The molecular formula is C15H23NO3. The highest BCUT2D eigenvalue weighted by Gasteiger charge is 2.02. The normalized spacial score (nSPS) is 10.7. The maximum absolute atomic E-state index is 11.6. The number of phenolic OH excluding ortho intramolecular Hbond substituents is 1. The van der Waals surface area contributed by atoms with Gasteiger partial charge in [-0.05, 0) is 44.4 Å². The van der Waals surface area contributed by atoms with E-state index in [9.17, 15) is 4.79 Å². The van der Waals surface area contributed by atoms with E-state index in [1.165, 1.54) is 0 Å². The molecule has 0 atom stereocenters. The van der Waals surface area contributed by atoms with Crippen LogP contribution in [-0.4, -0.2) is 30.3 Å². The van der Waals surface area contributed by atoms with Gasteiger partial charge in [-0.15, -0.1) is 0 Å². The maximum Gasteiger partial charge on any atom is 0.220 e. The average molecular weight is 265 g/mol. The fourth-order valence-corrected chi connectivity index (χ4v) is 1.63. The molecule has 19 heavy (non-hydrogen) atoms. The van der Waals surface area contributed by atoms with Crippen LogP contribution in [0.25, 0.3) is 0 Å². The number of phenols is 1. The number of aromatic hydroxyl groups is 1. The van der Waals surface area contributed by atoms with E-state index >= 15 is 0 Å². The Morgan fingerprint density at radius 1 is 1.32 bits per heavy atom. The number of ether oxygens (including phenoxy) is 1. The van der Waals surface area contributed by atoms with Crippen LogP contribution in [0.2, 0.25) is 0 Å². The van der Waals surface area contributed by atoms with Crippen LogP contribution in [0, 0.1) is 0 Å². The zero-order valence-electron chi connectivity index (χ0n) is 11.7. The van der Waals surface area contributed by atoms with Gasteiger partial charge in [-0.1, -0.05) is 12.1 Å². The zero-order chi connectivity index (χ0) is 14.1. The number of rotatable bonds is 8. The summed E-state index contributed by atoms with van der Waals surface area (Å²) in [5.41, 5.74) is 1.05. The topological polar surface area (TPSA) is 58.6 Å². The number of aryl methyl sites for hydroxylation is 1. The molecule has 0 aromatic heterocycles. The zero-order valence-corrected chi connectivity index (χ0v) is 11.7. The summed E-state index contributed by atoms with van der Waals surface area (Å²) in [6, 6.07) is 6.94. The largest absolute Gasteiger partial charge is 0.508 e. The second-order valence-electron chi connectivity index (χ2n) is 4.79. The van der Waals surface area contributed by atoms with Crippen molar-refractivity contribution >= 4 is 5.91 Å². The highest BCUT2D eigenvalue weighted by Crippen LogP contribution is 2.10. The minimum atomic E-state index is 0.0534. The molecule has 1 amide bonds.